The van der Waals surface area contributed by atoms with E-state index in [1.165, 1.54) is 51.4 Å². The molecule has 1 atom stereocenters. The number of quaternary nitrogens is 1. The number of hydrogen-bond acceptors (Lipinski definition) is 2. The number of cyclic esters (lactones) is 1. The standard InChI is InChI=1S/C16H32NO2.BrH/c1-4-5-6-7-8-9-10-11-13-17(2,3)15-12-14-19-16(15)18;/h15H,4-14H2,1-3H3;1H/q+1;/p-1. The Labute approximate surface area is 135 Å². The van der Waals surface area contributed by atoms with E-state index in [1.54, 1.807) is 0 Å². The van der Waals surface area contributed by atoms with Crippen LogP contribution in [0.1, 0.15) is 64.7 Å². The molecule has 0 spiro atoms. The van der Waals surface area contributed by atoms with E-state index in [0.29, 0.717) is 6.61 Å². The second-order valence-corrected chi connectivity index (χ2v) is 6.45. The maximum absolute atomic E-state index is 11.6. The van der Waals surface area contributed by atoms with Crippen molar-refractivity contribution < 1.29 is 31.0 Å². The number of nitrogens with zero attached hydrogens (tertiary/aromatic N) is 1. The molecular formula is C16H32BrNO2. The number of likely N-dealkylation sites (N-methyl/N-ethyl adjacent to an activating group) is 1. The van der Waals surface area contributed by atoms with Gasteiger partial charge in [0.15, 0.2) is 6.04 Å². The van der Waals surface area contributed by atoms with E-state index < -0.39 is 0 Å². The lowest BCUT2D eigenvalue weighted by atomic mass is 10.1. The summed E-state index contributed by atoms with van der Waals surface area (Å²) in [6.07, 6.45) is 11.6. The molecule has 0 radical (unpaired) electrons. The molecule has 0 aromatic carbocycles. The Balaban J connectivity index is 0.00000361. The lowest BCUT2D eigenvalue weighted by Gasteiger charge is -2.33. The largest absolute Gasteiger partial charge is 1.00 e. The summed E-state index contributed by atoms with van der Waals surface area (Å²) in [6.45, 7) is 3.96. The summed E-state index contributed by atoms with van der Waals surface area (Å²) in [7, 11) is 4.33. The molecule has 3 nitrogen and oxygen atoms in total. The maximum Gasteiger partial charge on any atom is 0.365 e. The van der Waals surface area contributed by atoms with E-state index in [4.69, 9.17) is 4.74 Å². The van der Waals surface area contributed by atoms with Crippen LogP contribution in [0.25, 0.3) is 0 Å². The molecule has 4 heteroatoms. The van der Waals surface area contributed by atoms with Crippen molar-refractivity contribution in [2.24, 2.45) is 0 Å². The van der Waals surface area contributed by atoms with Crippen LogP contribution in [0.3, 0.4) is 0 Å². The molecule has 1 rings (SSSR count). The number of halogens is 1. The highest BCUT2D eigenvalue weighted by Crippen LogP contribution is 2.20. The second-order valence-electron chi connectivity index (χ2n) is 6.45. The van der Waals surface area contributed by atoms with E-state index in [0.717, 1.165) is 17.4 Å². The minimum atomic E-state index is 0. The number of esters is 1. The van der Waals surface area contributed by atoms with Gasteiger partial charge in [-0.15, -0.1) is 0 Å². The number of rotatable bonds is 10. The summed E-state index contributed by atoms with van der Waals surface area (Å²) >= 11 is 0. The van der Waals surface area contributed by atoms with Gasteiger partial charge in [-0.05, 0) is 12.8 Å². The summed E-state index contributed by atoms with van der Waals surface area (Å²) in [5.74, 6) is 0.00423. The highest BCUT2D eigenvalue weighted by Gasteiger charge is 2.39. The molecule has 20 heavy (non-hydrogen) atoms. The minimum Gasteiger partial charge on any atom is -1.00 e. The van der Waals surface area contributed by atoms with Crippen LogP contribution in [0.4, 0.5) is 0 Å². The van der Waals surface area contributed by atoms with Gasteiger partial charge in [0.25, 0.3) is 0 Å². The number of unbranched alkanes of at least 4 members (excludes halogenated alkanes) is 7. The van der Waals surface area contributed by atoms with Gasteiger partial charge in [0.2, 0.25) is 0 Å². The number of ether oxygens (including phenoxy) is 1. The molecule has 0 saturated carbocycles. The number of hydrogen-bond donors (Lipinski definition) is 0. The van der Waals surface area contributed by atoms with Crippen LogP contribution in [0, 0.1) is 0 Å². The fourth-order valence-corrected chi connectivity index (χ4v) is 2.93. The van der Waals surface area contributed by atoms with Gasteiger partial charge in [-0.2, -0.15) is 0 Å². The summed E-state index contributed by atoms with van der Waals surface area (Å²) < 4.78 is 5.88. The zero-order valence-corrected chi connectivity index (χ0v) is 15.1. The van der Waals surface area contributed by atoms with Crippen molar-refractivity contribution in [3.63, 3.8) is 0 Å². The topological polar surface area (TPSA) is 26.3 Å². The molecule has 1 saturated heterocycles. The Morgan fingerprint density at radius 3 is 2.10 bits per heavy atom. The third-order valence-electron chi connectivity index (χ3n) is 4.34. The Morgan fingerprint density at radius 1 is 1.05 bits per heavy atom. The van der Waals surface area contributed by atoms with Gasteiger partial charge in [0, 0.05) is 6.42 Å². The Bertz CT molecular complexity index is 269. The third kappa shape index (κ3) is 7.07. The number of carbonyl (C=O) groups is 1. The van der Waals surface area contributed by atoms with Crippen LogP contribution < -0.4 is 17.0 Å². The molecule has 0 N–H and O–H groups in total. The van der Waals surface area contributed by atoms with Gasteiger partial charge in [0.1, 0.15) is 0 Å². The molecule has 120 valence electrons. The fraction of sp³-hybridized carbons (Fsp3) is 0.938. The van der Waals surface area contributed by atoms with E-state index in [9.17, 15) is 4.79 Å². The number of carbonyl (C=O) groups excluding carboxylic acids is 1. The molecule has 0 bridgehead atoms. The van der Waals surface area contributed by atoms with E-state index in [2.05, 4.69) is 21.0 Å². The first kappa shape index (κ1) is 19.9. The first-order valence-corrected chi connectivity index (χ1v) is 8.07. The second kappa shape index (κ2) is 10.6. The summed E-state index contributed by atoms with van der Waals surface area (Å²) in [6, 6.07) is 0.0737. The maximum atomic E-state index is 11.6. The van der Waals surface area contributed by atoms with Crippen LogP contribution in [0.5, 0.6) is 0 Å². The van der Waals surface area contributed by atoms with Crippen molar-refractivity contribution >= 4 is 5.97 Å². The van der Waals surface area contributed by atoms with Crippen LogP contribution in [0.15, 0.2) is 0 Å². The first-order chi connectivity index (χ1) is 9.08. The summed E-state index contributed by atoms with van der Waals surface area (Å²) in [4.78, 5) is 11.6. The summed E-state index contributed by atoms with van der Waals surface area (Å²) in [5, 5.41) is 0. The van der Waals surface area contributed by atoms with Crippen molar-refractivity contribution in [1.82, 2.24) is 0 Å². The van der Waals surface area contributed by atoms with E-state index in [-0.39, 0.29) is 29.0 Å². The lowest BCUT2D eigenvalue weighted by Crippen LogP contribution is -3.00. The van der Waals surface area contributed by atoms with Crippen LogP contribution in [-0.2, 0) is 9.53 Å². The Morgan fingerprint density at radius 2 is 1.60 bits per heavy atom. The molecule has 0 aromatic rings. The highest BCUT2D eigenvalue weighted by atomic mass is 79.9. The molecule has 1 aliphatic heterocycles. The van der Waals surface area contributed by atoms with Crippen LogP contribution in [-0.4, -0.2) is 43.7 Å². The molecule has 1 unspecified atom stereocenters. The van der Waals surface area contributed by atoms with E-state index >= 15 is 0 Å². The van der Waals surface area contributed by atoms with Gasteiger partial charge in [0.05, 0.1) is 27.2 Å². The molecule has 1 aliphatic rings. The molecule has 1 heterocycles. The molecule has 0 aliphatic carbocycles. The van der Waals surface area contributed by atoms with Gasteiger partial charge in [-0.3, -0.25) is 0 Å². The minimum absolute atomic E-state index is 0. The average molecular weight is 350 g/mol. The Hall–Kier alpha value is -0.0900. The van der Waals surface area contributed by atoms with Gasteiger partial charge >= 0.3 is 5.97 Å². The highest BCUT2D eigenvalue weighted by molar-refractivity contribution is 5.76. The lowest BCUT2D eigenvalue weighted by molar-refractivity contribution is -0.905. The van der Waals surface area contributed by atoms with Crippen LogP contribution in [0.2, 0.25) is 0 Å². The van der Waals surface area contributed by atoms with Crippen molar-refractivity contribution in [2.75, 3.05) is 27.2 Å². The predicted octanol–water partition coefficient (Wildman–Crippen LogP) is 0.523. The monoisotopic (exact) mass is 349 g/mol. The summed E-state index contributed by atoms with van der Waals surface area (Å²) in [5.41, 5.74) is 0. The molecule has 0 aromatic heterocycles. The van der Waals surface area contributed by atoms with Gasteiger partial charge in [-0.25, -0.2) is 4.79 Å². The van der Waals surface area contributed by atoms with Crippen molar-refractivity contribution in [1.29, 1.82) is 0 Å². The zero-order chi connectivity index (χ0) is 14.1. The SMILES string of the molecule is CCCCCCCCCC[N+](C)(C)C1CCOC1=O.[Br-]. The quantitative estimate of drug-likeness (QED) is 0.326. The van der Waals surface area contributed by atoms with Crippen molar-refractivity contribution in [2.45, 2.75) is 70.8 Å². The third-order valence-corrected chi connectivity index (χ3v) is 4.34. The van der Waals surface area contributed by atoms with E-state index in [1.807, 2.05) is 0 Å². The fourth-order valence-electron chi connectivity index (χ4n) is 2.93. The molecule has 0 amide bonds. The van der Waals surface area contributed by atoms with Gasteiger partial charge < -0.3 is 26.2 Å². The smallest absolute Gasteiger partial charge is 0.365 e. The zero-order valence-electron chi connectivity index (χ0n) is 13.5. The van der Waals surface area contributed by atoms with Crippen molar-refractivity contribution in [3.05, 3.63) is 0 Å². The normalized spacial score (nSPS) is 18.8. The molecular weight excluding hydrogens is 318 g/mol. The average Bonchev–Trinajstić information content (AvgIpc) is 2.80. The van der Waals surface area contributed by atoms with Gasteiger partial charge in [-0.1, -0.05) is 45.4 Å². The first-order valence-electron chi connectivity index (χ1n) is 8.07. The Kier molecular flexibility index (Phi) is 10.6. The van der Waals surface area contributed by atoms with Crippen LogP contribution >= 0.6 is 0 Å². The van der Waals surface area contributed by atoms with Crippen molar-refractivity contribution in [3.8, 4) is 0 Å². The predicted molar refractivity (Wildman–Crippen MR) is 78.9 cm³/mol. The molecule has 1 fully saturated rings.